The van der Waals surface area contributed by atoms with E-state index in [0.29, 0.717) is 35.9 Å². The summed E-state index contributed by atoms with van der Waals surface area (Å²) < 4.78 is 23.8. The van der Waals surface area contributed by atoms with E-state index in [9.17, 15) is 19.2 Å². The van der Waals surface area contributed by atoms with E-state index in [1.54, 1.807) is 58.5 Å². The smallest absolute Gasteiger partial charge is 0.408 e. The number of carbonyl (C=O) groups is 4. The Morgan fingerprint density at radius 3 is 1.68 bits per heavy atom. The van der Waals surface area contributed by atoms with Crippen molar-refractivity contribution in [1.29, 1.82) is 0 Å². The minimum absolute atomic E-state index is 0.00698. The molecule has 4 aromatic rings. The highest BCUT2D eigenvalue weighted by atomic mass is 79.9. The van der Waals surface area contributed by atoms with Gasteiger partial charge in [-0.05, 0) is 99.1 Å². The Hall–Kier alpha value is -4.22. The molecule has 57 heavy (non-hydrogen) atoms. The molecular weight excluding hydrogens is 932 g/mol. The van der Waals surface area contributed by atoms with Gasteiger partial charge in [0.1, 0.15) is 34.7 Å². The minimum atomic E-state index is -0.604. The van der Waals surface area contributed by atoms with Crippen molar-refractivity contribution in [2.75, 3.05) is 18.5 Å². The van der Waals surface area contributed by atoms with Crippen molar-refractivity contribution < 1.29 is 38.1 Å². The SMILES string of the molecule is CCOC(=O)CBr.CCOC(=O)Cn1cc(-c2ccc(Br)cc2)nc1C(C)NC(=O)OC(C)(C)C.C[C@H](NC(=O)OC(C)(C)C)c1ncc(-c2ccc(Br)cc2)[nH]1. The molecule has 312 valence electrons. The molecule has 0 saturated heterocycles. The van der Waals surface area contributed by atoms with Gasteiger partial charge in [0.2, 0.25) is 0 Å². The molecule has 0 aliphatic heterocycles. The van der Waals surface area contributed by atoms with E-state index in [1.807, 2.05) is 76.2 Å². The number of alkyl carbamates (subject to hydrolysis) is 2. The van der Waals surface area contributed by atoms with Crippen LogP contribution in [-0.2, 0) is 35.1 Å². The summed E-state index contributed by atoms with van der Waals surface area (Å²) >= 11 is 9.77. The van der Waals surface area contributed by atoms with Gasteiger partial charge in [-0.2, -0.15) is 0 Å². The van der Waals surface area contributed by atoms with E-state index < -0.39 is 29.4 Å². The number of aromatic nitrogens is 4. The Morgan fingerprint density at radius 2 is 1.23 bits per heavy atom. The van der Waals surface area contributed by atoms with Gasteiger partial charge in [-0.3, -0.25) is 9.59 Å². The Kier molecular flexibility index (Phi) is 20.0. The number of imidazole rings is 2. The van der Waals surface area contributed by atoms with Gasteiger partial charge in [-0.1, -0.05) is 72.1 Å². The van der Waals surface area contributed by atoms with Crippen molar-refractivity contribution in [3.63, 3.8) is 0 Å². The van der Waals surface area contributed by atoms with Crippen LogP contribution in [0.1, 0.15) is 93.0 Å². The van der Waals surface area contributed by atoms with Gasteiger partial charge < -0.3 is 39.1 Å². The zero-order chi connectivity index (χ0) is 42.9. The number of carbonyl (C=O) groups excluding carboxylic acids is 4. The van der Waals surface area contributed by atoms with Gasteiger partial charge in [0, 0.05) is 20.7 Å². The molecule has 17 heteroatoms. The number of benzene rings is 2. The van der Waals surface area contributed by atoms with E-state index >= 15 is 0 Å². The topological polar surface area (TPSA) is 176 Å². The normalized spacial score (nSPS) is 12.0. The van der Waals surface area contributed by atoms with Crippen LogP contribution in [0.3, 0.4) is 0 Å². The van der Waals surface area contributed by atoms with Crippen LogP contribution in [0.25, 0.3) is 22.5 Å². The van der Waals surface area contributed by atoms with Crippen LogP contribution in [0.2, 0.25) is 0 Å². The number of hydrogen-bond acceptors (Lipinski definition) is 10. The number of H-pyrrole nitrogens is 1. The summed E-state index contributed by atoms with van der Waals surface area (Å²) in [5.41, 5.74) is 2.41. The average molecular weight is 986 g/mol. The summed E-state index contributed by atoms with van der Waals surface area (Å²) in [6, 6.07) is 14.9. The Bertz CT molecular complexity index is 1880. The lowest BCUT2D eigenvalue weighted by atomic mass is 10.2. The highest BCUT2D eigenvalue weighted by Gasteiger charge is 2.23. The van der Waals surface area contributed by atoms with Gasteiger partial charge in [-0.25, -0.2) is 19.6 Å². The van der Waals surface area contributed by atoms with Crippen molar-refractivity contribution >= 4 is 71.9 Å². The van der Waals surface area contributed by atoms with Crippen LogP contribution in [-0.4, -0.2) is 73.4 Å². The van der Waals surface area contributed by atoms with Crippen LogP contribution in [0, 0.1) is 0 Å². The zero-order valence-electron chi connectivity index (χ0n) is 34.0. The fourth-order valence-electron chi connectivity index (χ4n) is 4.64. The fraction of sp³-hybridized carbons (Fsp3) is 0.450. The molecule has 0 aliphatic carbocycles. The molecule has 1 unspecified atom stereocenters. The van der Waals surface area contributed by atoms with E-state index in [4.69, 9.17) is 14.2 Å². The van der Waals surface area contributed by atoms with Crippen LogP contribution < -0.4 is 10.6 Å². The first kappa shape index (κ1) is 48.9. The number of halogens is 3. The molecule has 0 saturated carbocycles. The van der Waals surface area contributed by atoms with E-state index in [0.717, 1.165) is 25.8 Å². The summed E-state index contributed by atoms with van der Waals surface area (Å²) in [6.07, 6.45) is 2.53. The maximum absolute atomic E-state index is 12.1. The summed E-state index contributed by atoms with van der Waals surface area (Å²) in [5, 5.41) is 5.82. The van der Waals surface area contributed by atoms with Crippen LogP contribution in [0.15, 0.2) is 69.9 Å². The lowest BCUT2D eigenvalue weighted by molar-refractivity contribution is -0.144. The summed E-state index contributed by atoms with van der Waals surface area (Å²) in [4.78, 5) is 58.2. The van der Waals surface area contributed by atoms with Crippen molar-refractivity contribution in [3.05, 3.63) is 81.5 Å². The summed E-state index contributed by atoms with van der Waals surface area (Å²) in [6.45, 7) is 18.8. The van der Waals surface area contributed by atoms with Gasteiger partial charge in [0.15, 0.2) is 0 Å². The quantitative estimate of drug-likeness (QED) is 0.0745. The second-order valence-electron chi connectivity index (χ2n) is 14.3. The number of amides is 2. The second kappa shape index (κ2) is 23.3. The maximum Gasteiger partial charge on any atom is 0.408 e. The molecule has 2 aromatic heterocycles. The van der Waals surface area contributed by atoms with Gasteiger partial charge in [0.05, 0.1) is 42.9 Å². The Balaban J connectivity index is 0.000000344. The fourth-order valence-corrected chi connectivity index (χ4v) is 5.33. The molecule has 14 nitrogen and oxygen atoms in total. The third kappa shape index (κ3) is 18.7. The predicted molar refractivity (Wildman–Crippen MR) is 230 cm³/mol. The van der Waals surface area contributed by atoms with E-state index in [-0.39, 0.29) is 24.5 Å². The number of rotatable bonds is 11. The van der Waals surface area contributed by atoms with E-state index in [1.165, 1.54) is 0 Å². The summed E-state index contributed by atoms with van der Waals surface area (Å²) in [5.74, 6) is 0.649. The second-order valence-corrected chi connectivity index (χ2v) is 16.7. The zero-order valence-corrected chi connectivity index (χ0v) is 38.8. The molecule has 0 spiro atoms. The monoisotopic (exact) mass is 982 g/mol. The highest BCUT2D eigenvalue weighted by molar-refractivity contribution is 9.10. The summed E-state index contributed by atoms with van der Waals surface area (Å²) in [7, 11) is 0. The number of alkyl halides is 1. The first-order valence-electron chi connectivity index (χ1n) is 18.1. The standard InChI is InChI=1S/C20H26BrN3O4.C16H20BrN3O2.C4H7BrO2/c1-6-27-17(25)12-24-11-16(14-7-9-15(21)10-8-14)23-18(24)13(2)22-19(26)28-20(3,4)5;1-10(19-15(21)22-16(2,3)4)14-18-9-13(20-14)11-5-7-12(17)8-6-11;1-2-7-4(6)3-5/h7-11,13H,6,12H2,1-5H3,(H,22,26);5-10H,1-4H3,(H,18,20)(H,19,21);2-3H2,1H3/t;10-;/m.0./s1. The van der Waals surface area contributed by atoms with Gasteiger partial charge in [0.25, 0.3) is 0 Å². The molecule has 0 radical (unpaired) electrons. The van der Waals surface area contributed by atoms with Gasteiger partial charge in [-0.15, -0.1) is 0 Å². The maximum atomic E-state index is 12.1. The van der Waals surface area contributed by atoms with Crippen LogP contribution >= 0.6 is 47.8 Å². The van der Waals surface area contributed by atoms with Crippen molar-refractivity contribution in [2.24, 2.45) is 0 Å². The number of nitrogens with zero attached hydrogens (tertiary/aromatic N) is 3. The molecule has 0 bridgehead atoms. The molecule has 2 heterocycles. The van der Waals surface area contributed by atoms with Crippen molar-refractivity contribution in [3.8, 4) is 22.5 Å². The largest absolute Gasteiger partial charge is 0.465 e. The number of aromatic amines is 1. The first-order chi connectivity index (χ1) is 26.6. The molecule has 2 atom stereocenters. The van der Waals surface area contributed by atoms with Crippen LogP contribution in [0.5, 0.6) is 0 Å². The lowest BCUT2D eigenvalue weighted by Crippen LogP contribution is -2.35. The molecule has 3 N–H and O–H groups in total. The first-order valence-corrected chi connectivity index (χ1v) is 20.8. The molecular formula is C40H53Br3N6O8. The number of nitrogens with one attached hydrogen (secondary N) is 3. The van der Waals surface area contributed by atoms with Crippen molar-refractivity contribution in [2.45, 2.75) is 99.1 Å². The van der Waals surface area contributed by atoms with Crippen molar-refractivity contribution in [1.82, 2.24) is 30.2 Å². The molecule has 0 fully saturated rings. The van der Waals surface area contributed by atoms with Gasteiger partial charge >= 0.3 is 24.1 Å². The molecule has 2 aromatic carbocycles. The predicted octanol–water partition coefficient (Wildman–Crippen LogP) is 9.83. The van der Waals surface area contributed by atoms with E-state index in [2.05, 4.69) is 78.1 Å². The third-order valence-electron chi connectivity index (χ3n) is 6.98. The molecule has 0 aliphatic rings. The average Bonchev–Trinajstić information content (AvgIpc) is 3.76. The molecule has 2 amide bonds. The minimum Gasteiger partial charge on any atom is -0.465 e. The highest BCUT2D eigenvalue weighted by Crippen LogP contribution is 2.25. The Morgan fingerprint density at radius 1 is 0.754 bits per heavy atom. The van der Waals surface area contributed by atoms with Crippen LogP contribution in [0.4, 0.5) is 9.59 Å². The number of hydrogen-bond donors (Lipinski definition) is 3. The third-order valence-corrected chi connectivity index (χ3v) is 8.50. The number of ether oxygens (including phenoxy) is 4. The lowest BCUT2D eigenvalue weighted by Gasteiger charge is -2.22. The molecule has 4 rings (SSSR count). The number of esters is 2. The Labute approximate surface area is 360 Å².